The zero-order valence-corrected chi connectivity index (χ0v) is 13.6. The van der Waals surface area contributed by atoms with E-state index < -0.39 is 0 Å². The molecule has 0 aliphatic heterocycles. The molecule has 0 saturated carbocycles. The molecule has 3 aromatic heterocycles. The second kappa shape index (κ2) is 6.32. The molecule has 6 heteroatoms. The van der Waals surface area contributed by atoms with E-state index in [0.29, 0.717) is 17.9 Å². The maximum atomic E-state index is 12.3. The Morgan fingerprint density at radius 1 is 1.16 bits per heavy atom. The van der Waals surface area contributed by atoms with Crippen LogP contribution in [0.2, 0.25) is 0 Å². The summed E-state index contributed by atoms with van der Waals surface area (Å²) in [5.41, 5.74) is 1.05. The van der Waals surface area contributed by atoms with Crippen LogP contribution in [0.15, 0.2) is 68.2 Å². The second-order valence-electron chi connectivity index (χ2n) is 5.88. The van der Waals surface area contributed by atoms with Crippen molar-refractivity contribution in [3.05, 3.63) is 66.2 Å². The van der Waals surface area contributed by atoms with Gasteiger partial charge in [-0.1, -0.05) is 23.4 Å². The number of nitrogens with one attached hydrogen (secondary N) is 1. The third-order valence-corrected chi connectivity index (χ3v) is 3.87. The lowest BCUT2D eigenvalue weighted by Gasteiger charge is -2.10. The summed E-state index contributed by atoms with van der Waals surface area (Å²) < 4.78 is 16.2. The lowest BCUT2D eigenvalue weighted by molar-refractivity contribution is 0.0930. The van der Waals surface area contributed by atoms with Crippen molar-refractivity contribution in [2.75, 3.05) is 0 Å². The van der Waals surface area contributed by atoms with Crippen molar-refractivity contribution in [2.24, 2.45) is 0 Å². The zero-order chi connectivity index (χ0) is 17.2. The minimum atomic E-state index is -0.301. The molecule has 0 radical (unpaired) electrons. The third-order valence-electron chi connectivity index (χ3n) is 3.87. The van der Waals surface area contributed by atoms with Crippen LogP contribution < -0.4 is 5.32 Å². The van der Waals surface area contributed by atoms with Gasteiger partial charge in [0.05, 0.1) is 6.26 Å². The maximum absolute atomic E-state index is 12.3. The first-order chi connectivity index (χ1) is 12.2. The van der Waals surface area contributed by atoms with E-state index in [4.69, 9.17) is 13.4 Å². The largest absolute Gasteiger partial charge is 0.461 e. The number of furan rings is 2. The first kappa shape index (κ1) is 15.3. The molecule has 0 aliphatic rings. The SMILES string of the molecule is CC(Cc1cc2ccccc2o1)NC(=O)c1cc(-c2ccco2)on1. The highest BCUT2D eigenvalue weighted by molar-refractivity contribution is 5.93. The Bertz CT molecular complexity index is 964. The maximum Gasteiger partial charge on any atom is 0.273 e. The van der Waals surface area contributed by atoms with E-state index in [1.807, 2.05) is 37.3 Å². The van der Waals surface area contributed by atoms with Crippen LogP contribution in [0.3, 0.4) is 0 Å². The standard InChI is InChI=1S/C19H16N2O4/c1-12(9-14-10-13-5-2-3-6-16(13)24-14)20-19(22)15-11-18(25-21-15)17-7-4-8-23-17/h2-8,10-12H,9H2,1H3,(H,20,22). The van der Waals surface area contributed by atoms with Crippen molar-refractivity contribution in [3.63, 3.8) is 0 Å². The molecule has 1 amide bonds. The Labute approximate surface area is 143 Å². The fourth-order valence-electron chi connectivity index (χ4n) is 2.71. The zero-order valence-electron chi connectivity index (χ0n) is 13.6. The Balaban J connectivity index is 1.41. The molecule has 0 saturated heterocycles. The average Bonchev–Trinajstić information content (AvgIpc) is 3.33. The number of benzene rings is 1. The van der Waals surface area contributed by atoms with Crippen LogP contribution in [0.25, 0.3) is 22.5 Å². The monoisotopic (exact) mass is 336 g/mol. The molecule has 0 aliphatic carbocycles. The summed E-state index contributed by atoms with van der Waals surface area (Å²) in [4.78, 5) is 12.3. The molecule has 25 heavy (non-hydrogen) atoms. The van der Waals surface area contributed by atoms with E-state index >= 15 is 0 Å². The lowest BCUT2D eigenvalue weighted by atomic mass is 10.1. The van der Waals surface area contributed by atoms with Gasteiger partial charge < -0.3 is 18.7 Å². The van der Waals surface area contributed by atoms with Gasteiger partial charge in [-0.3, -0.25) is 4.79 Å². The molecule has 0 spiro atoms. The van der Waals surface area contributed by atoms with E-state index in [-0.39, 0.29) is 17.6 Å². The first-order valence-corrected chi connectivity index (χ1v) is 7.98. The van der Waals surface area contributed by atoms with E-state index in [2.05, 4.69) is 10.5 Å². The molecule has 0 fully saturated rings. The Kier molecular flexibility index (Phi) is 3.85. The number of fused-ring (bicyclic) bond motifs is 1. The quantitative estimate of drug-likeness (QED) is 0.595. The number of nitrogens with zero attached hydrogens (tertiary/aromatic N) is 1. The van der Waals surface area contributed by atoms with Gasteiger partial charge in [0, 0.05) is 23.9 Å². The van der Waals surface area contributed by atoms with Crippen molar-refractivity contribution >= 4 is 16.9 Å². The number of carbonyl (C=O) groups excluding carboxylic acids is 1. The summed E-state index contributed by atoms with van der Waals surface area (Å²) in [6.45, 7) is 1.92. The van der Waals surface area contributed by atoms with Gasteiger partial charge in [0.25, 0.3) is 5.91 Å². The van der Waals surface area contributed by atoms with Crippen LogP contribution in [0, 0.1) is 0 Å². The molecular formula is C19H16N2O4. The van der Waals surface area contributed by atoms with Crippen LogP contribution >= 0.6 is 0 Å². The average molecular weight is 336 g/mol. The van der Waals surface area contributed by atoms with Gasteiger partial charge in [-0.2, -0.15) is 0 Å². The second-order valence-corrected chi connectivity index (χ2v) is 5.88. The van der Waals surface area contributed by atoms with Gasteiger partial charge >= 0.3 is 0 Å². The van der Waals surface area contributed by atoms with Crippen molar-refractivity contribution in [2.45, 2.75) is 19.4 Å². The minimum Gasteiger partial charge on any atom is -0.461 e. The highest BCUT2D eigenvalue weighted by Gasteiger charge is 2.18. The molecule has 126 valence electrons. The summed E-state index contributed by atoms with van der Waals surface area (Å²) in [5, 5.41) is 7.74. The summed E-state index contributed by atoms with van der Waals surface area (Å²) >= 11 is 0. The van der Waals surface area contributed by atoms with Crippen LogP contribution in [0.5, 0.6) is 0 Å². The predicted molar refractivity (Wildman–Crippen MR) is 91.1 cm³/mol. The first-order valence-electron chi connectivity index (χ1n) is 7.98. The number of hydrogen-bond acceptors (Lipinski definition) is 5. The van der Waals surface area contributed by atoms with Crippen LogP contribution in [-0.4, -0.2) is 17.1 Å². The van der Waals surface area contributed by atoms with Crippen LogP contribution in [-0.2, 0) is 6.42 Å². The fourth-order valence-corrected chi connectivity index (χ4v) is 2.71. The molecule has 6 nitrogen and oxygen atoms in total. The van der Waals surface area contributed by atoms with E-state index in [0.717, 1.165) is 16.7 Å². The number of rotatable bonds is 5. The molecule has 0 bridgehead atoms. The number of aromatic nitrogens is 1. The van der Waals surface area contributed by atoms with Crippen molar-refractivity contribution < 1.29 is 18.2 Å². The van der Waals surface area contributed by atoms with Crippen molar-refractivity contribution in [1.29, 1.82) is 0 Å². The van der Waals surface area contributed by atoms with Crippen molar-refractivity contribution in [1.82, 2.24) is 10.5 Å². The highest BCUT2D eigenvalue weighted by Crippen LogP contribution is 2.21. The van der Waals surface area contributed by atoms with Crippen molar-refractivity contribution in [3.8, 4) is 11.5 Å². The minimum absolute atomic E-state index is 0.114. The highest BCUT2D eigenvalue weighted by atomic mass is 16.5. The van der Waals surface area contributed by atoms with Gasteiger partial charge in [-0.05, 0) is 31.2 Å². The van der Waals surface area contributed by atoms with Crippen LogP contribution in [0.1, 0.15) is 23.2 Å². The van der Waals surface area contributed by atoms with E-state index in [9.17, 15) is 4.79 Å². The summed E-state index contributed by atoms with van der Waals surface area (Å²) in [7, 11) is 0. The Hall–Kier alpha value is -3.28. The molecule has 4 rings (SSSR count). The third kappa shape index (κ3) is 3.19. The molecule has 4 aromatic rings. The number of hydrogen-bond donors (Lipinski definition) is 1. The molecule has 1 atom stereocenters. The van der Waals surface area contributed by atoms with E-state index in [1.54, 1.807) is 18.2 Å². The molecule has 1 aromatic carbocycles. The number of amides is 1. The van der Waals surface area contributed by atoms with Gasteiger partial charge in [-0.25, -0.2) is 0 Å². The van der Waals surface area contributed by atoms with Gasteiger partial charge in [0.15, 0.2) is 11.5 Å². The Morgan fingerprint density at radius 3 is 2.84 bits per heavy atom. The van der Waals surface area contributed by atoms with Crippen LogP contribution in [0.4, 0.5) is 0 Å². The van der Waals surface area contributed by atoms with Gasteiger partial charge in [0.1, 0.15) is 11.3 Å². The van der Waals surface area contributed by atoms with Gasteiger partial charge in [-0.15, -0.1) is 0 Å². The molecule has 1 N–H and O–H groups in total. The summed E-state index contributed by atoms with van der Waals surface area (Å²) in [6.07, 6.45) is 2.12. The van der Waals surface area contributed by atoms with E-state index in [1.165, 1.54) is 6.26 Å². The molecule has 3 heterocycles. The predicted octanol–water partition coefficient (Wildman–Crippen LogP) is 4.04. The lowest BCUT2D eigenvalue weighted by Crippen LogP contribution is -2.34. The summed E-state index contributed by atoms with van der Waals surface area (Å²) in [6, 6.07) is 14.7. The topological polar surface area (TPSA) is 81.4 Å². The Morgan fingerprint density at radius 2 is 2.04 bits per heavy atom. The molecular weight excluding hydrogens is 320 g/mol. The normalized spacial score (nSPS) is 12.4. The molecule has 1 unspecified atom stereocenters. The fraction of sp³-hybridized carbons (Fsp3) is 0.158. The van der Waals surface area contributed by atoms with Gasteiger partial charge in [0.2, 0.25) is 5.76 Å². The number of carbonyl (C=O) groups is 1. The summed E-state index contributed by atoms with van der Waals surface area (Å²) in [5.74, 6) is 1.47. The smallest absolute Gasteiger partial charge is 0.273 e. The number of para-hydroxylation sites is 1.